The molecule has 0 heterocycles. The molecule has 2 aromatic carbocycles. The Bertz CT molecular complexity index is 662. The molecular weight excluding hydrogens is 286 g/mol. The van der Waals surface area contributed by atoms with E-state index in [1.165, 1.54) is 0 Å². The van der Waals surface area contributed by atoms with Gasteiger partial charge in [-0.2, -0.15) is 0 Å². The van der Waals surface area contributed by atoms with Crippen molar-refractivity contribution in [3.8, 4) is 0 Å². The monoisotopic (exact) mass is 309 g/mol. The van der Waals surface area contributed by atoms with E-state index in [1.54, 1.807) is 0 Å². The first-order valence-corrected chi connectivity index (χ1v) is 7.85. The minimum Gasteiger partial charge on any atom is -0.480 e. The molecule has 0 bridgehead atoms. The number of carboxylic acids is 1. The number of hydrogen-bond acceptors (Lipinski definition) is 2. The Morgan fingerprint density at radius 2 is 1.70 bits per heavy atom. The molecule has 0 radical (unpaired) electrons. The molecule has 2 N–H and O–H groups in total. The molecule has 0 spiro atoms. The highest BCUT2D eigenvalue weighted by Crippen LogP contribution is 2.12. The molecule has 0 fully saturated rings. The molecule has 0 saturated carbocycles. The highest BCUT2D eigenvalue weighted by molar-refractivity contribution is 5.74. The number of carboxylic acid groups (broad SMARTS) is 1. The van der Waals surface area contributed by atoms with Gasteiger partial charge in [-0.1, -0.05) is 80.6 Å². The van der Waals surface area contributed by atoms with Gasteiger partial charge in [0.25, 0.3) is 0 Å². The van der Waals surface area contributed by atoms with Crippen LogP contribution < -0.4 is 5.32 Å². The third-order valence-electron chi connectivity index (χ3n) is 3.49. The van der Waals surface area contributed by atoms with Gasteiger partial charge < -0.3 is 10.4 Å². The number of carbonyl (C=O) groups is 1. The summed E-state index contributed by atoms with van der Waals surface area (Å²) in [5, 5.41) is 12.4. The van der Waals surface area contributed by atoms with Crippen molar-refractivity contribution < 1.29 is 9.90 Å². The topological polar surface area (TPSA) is 49.3 Å². The van der Waals surface area contributed by atoms with Gasteiger partial charge in [-0.05, 0) is 23.1 Å². The number of nitrogens with one attached hydrogen (secondary N) is 1. The zero-order chi connectivity index (χ0) is 16.7. The maximum absolute atomic E-state index is 11.4. The SMILES string of the molecule is CC(C)NC(Cc1cccc(/C=C\c2ccccc2)c1)C(=O)O. The van der Waals surface area contributed by atoms with Gasteiger partial charge in [0.15, 0.2) is 0 Å². The summed E-state index contributed by atoms with van der Waals surface area (Å²) in [7, 11) is 0. The highest BCUT2D eigenvalue weighted by Gasteiger charge is 2.18. The molecule has 23 heavy (non-hydrogen) atoms. The van der Waals surface area contributed by atoms with E-state index in [9.17, 15) is 9.90 Å². The molecule has 2 rings (SSSR count). The van der Waals surface area contributed by atoms with Crippen LogP contribution in [0.5, 0.6) is 0 Å². The maximum Gasteiger partial charge on any atom is 0.321 e. The summed E-state index contributed by atoms with van der Waals surface area (Å²) in [6.07, 6.45) is 4.57. The van der Waals surface area contributed by atoms with Crippen molar-refractivity contribution in [2.75, 3.05) is 0 Å². The molecule has 0 saturated heterocycles. The fraction of sp³-hybridized carbons (Fsp3) is 0.250. The van der Waals surface area contributed by atoms with Gasteiger partial charge in [0.1, 0.15) is 6.04 Å². The summed E-state index contributed by atoms with van der Waals surface area (Å²) in [6, 6.07) is 17.7. The predicted octanol–water partition coefficient (Wildman–Crippen LogP) is 3.85. The smallest absolute Gasteiger partial charge is 0.321 e. The van der Waals surface area contributed by atoms with Gasteiger partial charge in [0.2, 0.25) is 0 Å². The van der Waals surface area contributed by atoms with Crippen molar-refractivity contribution in [3.05, 3.63) is 71.3 Å². The van der Waals surface area contributed by atoms with Crippen LogP contribution in [0.15, 0.2) is 54.6 Å². The number of benzene rings is 2. The quantitative estimate of drug-likeness (QED) is 0.764. The van der Waals surface area contributed by atoms with Crippen LogP contribution in [-0.4, -0.2) is 23.2 Å². The van der Waals surface area contributed by atoms with E-state index in [2.05, 4.69) is 11.4 Å². The lowest BCUT2D eigenvalue weighted by molar-refractivity contribution is -0.139. The third-order valence-corrected chi connectivity index (χ3v) is 3.49. The average molecular weight is 309 g/mol. The summed E-state index contributed by atoms with van der Waals surface area (Å²) >= 11 is 0. The largest absolute Gasteiger partial charge is 0.480 e. The standard InChI is InChI=1S/C20H23NO2/c1-15(2)21-19(20(22)23)14-18-10-6-9-17(13-18)12-11-16-7-4-3-5-8-16/h3-13,15,19,21H,14H2,1-2H3,(H,22,23)/b12-11-. The van der Waals surface area contributed by atoms with Crippen LogP contribution in [0.4, 0.5) is 0 Å². The van der Waals surface area contributed by atoms with E-state index in [0.29, 0.717) is 6.42 Å². The Hall–Kier alpha value is -2.39. The number of aliphatic carboxylic acids is 1. The van der Waals surface area contributed by atoms with E-state index in [0.717, 1.165) is 16.7 Å². The van der Waals surface area contributed by atoms with Crippen molar-refractivity contribution in [3.63, 3.8) is 0 Å². The zero-order valence-corrected chi connectivity index (χ0v) is 13.6. The van der Waals surface area contributed by atoms with Crippen LogP contribution in [0.2, 0.25) is 0 Å². The van der Waals surface area contributed by atoms with Crippen molar-refractivity contribution in [1.29, 1.82) is 0 Å². The number of hydrogen-bond donors (Lipinski definition) is 2. The van der Waals surface area contributed by atoms with Gasteiger partial charge in [0, 0.05) is 6.04 Å². The first-order chi connectivity index (χ1) is 11.0. The highest BCUT2D eigenvalue weighted by atomic mass is 16.4. The molecule has 0 aliphatic heterocycles. The van der Waals surface area contributed by atoms with Crippen LogP contribution >= 0.6 is 0 Å². The lowest BCUT2D eigenvalue weighted by Crippen LogP contribution is -2.42. The summed E-state index contributed by atoms with van der Waals surface area (Å²) in [5.74, 6) is -0.816. The van der Waals surface area contributed by atoms with Crippen LogP contribution in [0, 0.1) is 0 Å². The van der Waals surface area contributed by atoms with Crippen LogP contribution in [0.25, 0.3) is 12.2 Å². The van der Waals surface area contributed by atoms with E-state index >= 15 is 0 Å². The minimum atomic E-state index is -0.816. The van der Waals surface area contributed by atoms with Crippen LogP contribution in [0.1, 0.15) is 30.5 Å². The molecule has 1 atom stereocenters. The third kappa shape index (κ3) is 5.72. The van der Waals surface area contributed by atoms with Gasteiger partial charge in [-0.15, -0.1) is 0 Å². The first-order valence-electron chi connectivity index (χ1n) is 7.85. The Kier molecular flexibility index (Phi) is 6.12. The normalized spacial score (nSPS) is 12.7. The summed E-state index contributed by atoms with van der Waals surface area (Å²) in [6.45, 7) is 3.91. The predicted molar refractivity (Wildman–Crippen MR) is 95.2 cm³/mol. The molecule has 0 aliphatic carbocycles. The van der Waals surface area contributed by atoms with Gasteiger partial charge in [-0.25, -0.2) is 0 Å². The first kappa shape index (κ1) is 17.0. The molecule has 0 aliphatic rings. The molecular formula is C20H23NO2. The minimum absolute atomic E-state index is 0.136. The molecule has 3 nitrogen and oxygen atoms in total. The molecule has 1 unspecified atom stereocenters. The van der Waals surface area contributed by atoms with Gasteiger partial charge >= 0.3 is 5.97 Å². The van der Waals surface area contributed by atoms with Crippen molar-refractivity contribution in [1.82, 2.24) is 5.32 Å². The lowest BCUT2D eigenvalue weighted by Gasteiger charge is -2.17. The van der Waals surface area contributed by atoms with Crippen LogP contribution in [0.3, 0.4) is 0 Å². The molecule has 120 valence electrons. The molecule has 3 heteroatoms. The van der Waals surface area contributed by atoms with E-state index in [-0.39, 0.29) is 6.04 Å². The summed E-state index contributed by atoms with van der Waals surface area (Å²) < 4.78 is 0. The fourth-order valence-electron chi connectivity index (χ4n) is 2.44. The second-order valence-corrected chi connectivity index (χ2v) is 5.91. The summed E-state index contributed by atoms with van der Waals surface area (Å²) in [4.78, 5) is 11.4. The second-order valence-electron chi connectivity index (χ2n) is 5.91. The van der Waals surface area contributed by atoms with Crippen molar-refractivity contribution in [2.24, 2.45) is 0 Å². The average Bonchev–Trinajstić information content (AvgIpc) is 2.53. The van der Waals surface area contributed by atoms with E-state index in [4.69, 9.17) is 0 Å². The van der Waals surface area contributed by atoms with E-state index < -0.39 is 12.0 Å². The molecule has 2 aromatic rings. The van der Waals surface area contributed by atoms with Gasteiger partial charge in [-0.3, -0.25) is 4.79 Å². The Labute approximate surface area is 137 Å². The van der Waals surface area contributed by atoms with E-state index in [1.807, 2.05) is 74.5 Å². The molecule has 0 amide bonds. The van der Waals surface area contributed by atoms with Crippen LogP contribution in [-0.2, 0) is 11.2 Å². The Balaban J connectivity index is 2.10. The number of rotatable bonds is 7. The zero-order valence-electron chi connectivity index (χ0n) is 13.6. The lowest BCUT2D eigenvalue weighted by atomic mass is 10.0. The Morgan fingerprint density at radius 3 is 2.35 bits per heavy atom. The molecule has 0 aromatic heterocycles. The second kappa shape index (κ2) is 8.30. The summed E-state index contributed by atoms with van der Waals surface area (Å²) in [5.41, 5.74) is 3.23. The van der Waals surface area contributed by atoms with Crippen molar-refractivity contribution in [2.45, 2.75) is 32.4 Å². The Morgan fingerprint density at radius 1 is 1.04 bits per heavy atom. The van der Waals surface area contributed by atoms with Crippen molar-refractivity contribution >= 4 is 18.1 Å². The van der Waals surface area contributed by atoms with Gasteiger partial charge in [0.05, 0.1) is 0 Å². The fourth-order valence-corrected chi connectivity index (χ4v) is 2.44. The maximum atomic E-state index is 11.4.